The fourth-order valence-corrected chi connectivity index (χ4v) is 2.62. The summed E-state index contributed by atoms with van der Waals surface area (Å²) in [6.07, 6.45) is 2.31. The zero-order valence-electron chi connectivity index (χ0n) is 11.9. The minimum absolute atomic E-state index is 0.155. The molecule has 0 saturated heterocycles. The van der Waals surface area contributed by atoms with Crippen molar-refractivity contribution < 1.29 is 14.3 Å². The monoisotopic (exact) mass is 297 g/mol. The van der Waals surface area contributed by atoms with E-state index in [-0.39, 0.29) is 12.1 Å². The molecule has 0 bridgehead atoms. The first-order valence-corrected chi connectivity index (χ1v) is 7.16. The van der Waals surface area contributed by atoms with Crippen LogP contribution in [0.3, 0.4) is 0 Å². The molecule has 1 aliphatic heterocycles. The van der Waals surface area contributed by atoms with Crippen molar-refractivity contribution in [2.75, 3.05) is 27.2 Å². The summed E-state index contributed by atoms with van der Waals surface area (Å²) in [7, 11) is 3.46. The van der Waals surface area contributed by atoms with Gasteiger partial charge in [0, 0.05) is 24.4 Å². The topological polar surface area (TPSA) is 38.8 Å². The number of esters is 1. The second-order valence-corrected chi connectivity index (χ2v) is 5.57. The molecule has 0 radical (unpaired) electrons. The fraction of sp³-hybridized carbons (Fsp3) is 0.533. The van der Waals surface area contributed by atoms with E-state index in [9.17, 15) is 4.79 Å². The van der Waals surface area contributed by atoms with E-state index < -0.39 is 0 Å². The molecule has 0 aliphatic carbocycles. The van der Waals surface area contributed by atoms with E-state index in [1.165, 1.54) is 12.7 Å². The van der Waals surface area contributed by atoms with E-state index >= 15 is 0 Å². The molecule has 0 N–H and O–H groups in total. The fourth-order valence-electron chi connectivity index (χ4n) is 2.43. The number of hydrogen-bond acceptors (Lipinski definition) is 4. The van der Waals surface area contributed by atoms with Crippen LogP contribution in [0, 0.1) is 0 Å². The Morgan fingerprint density at radius 3 is 3.10 bits per heavy atom. The lowest BCUT2D eigenvalue weighted by molar-refractivity contribution is -0.140. The van der Waals surface area contributed by atoms with Crippen LogP contribution in [0.15, 0.2) is 18.2 Å². The van der Waals surface area contributed by atoms with Gasteiger partial charge in [-0.15, -0.1) is 0 Å². The second kappa shape index (κ2) is 6.95. The Bertz CT molecular complexity index is 478. The quantitative estimate of drug-likeness (QED) is 0.756. The van der Waals surface area contributed by atoms with Gasteiger partial charge >= 0.3 is 5.97 Å². The first-order chi connectivity index (χ1) is 9.58. The van der Waals surface area contributed by atoms with Crippen LogP contribution in [0.1, 0.15) is 18.4 Å². The number of fused-ring (bicyclic) bond motifs is 1. The average Bonchev–Trinajstić information content (AvgIpc) is 2.79. The molecule has 20 heavy (non-hydrogen) atoms. The van der Waals surface area contributed by atoms with Crippen molar-refractivity contribution in [3.05, 3.63) is 28.8 Å². The van der Waals surface area contributed by atoms with E-state index in [0.717, 1.165) is 36.7 Å². The molecule has 110 valence electrons. The molecule has 0 aromatic heterocycles. The van der Waals surface area contributed by atoms with Gasteiger partial charge in [-0.3, -0.25) is 4.79 Å². The number of likely N-dealkylation sites (N-methyl/N-ethyl adjacent to an activating group) is 1. The van der Waals surface area contributed by atoms with E-state index in [2.05, 4.69) is 9.64 Å². The summed E-state index contributed by atoms with van der Waals surface area (Å²) in [6, 6.07) is 5.74. The van der Waals surface area contributed by atoms with Crippen LogP contribution >= 0.6 is 11.6 Å². The molecule has 1 aromatic carbocycles. The number of nitrogens with zero attached hydrogens (tertiary/aromatic N) is 1. The van der Waals surface area contributed by atoms with E-state index in [1.807, 2.05) is 25.2 Å². The second-order valence-electron chi connectivity index (χ2n) is 5.14. The first-order valence-electron chi connectivity index (χ1n) is 6.79. The third kappa shape index (κ3) is 4.12. The maximum absolute atomic E-state index is 11.0. The van der Waals surface area contributed by atoms with Crippen LogP contribution in [0.2, 0.25) is 5.02 Å². The highest BCUT2D eigenvalue weighted by Gasteiger charge is 2.24. The Morgan fingerprint density at radius 1 is 1.55 bits per heavy atom. The molecule has 2 rings (SSSR count). The van der Waals surface area contributed by atoms with Crippen molar-refractivity contribution >= 4 is 17.6 Å². The summed E-state index contributed by atoms with van der Waals surface area (Å²) in [4.78, 5) is 13.2. The normalized spacial score (nSPS) is 16.9. The van der Waals surface area contributed by atoms with Crippen LogP contribution in [-0.2, 0) is 16.0 Å². The summed E-state index contributed by atoms with van der Waals surface area (Å²) in [6.45, 7) is 1.69. The van der Waals surface area contributed by atoms with Crippen molar-refractivity contribution in [3.8, 4) is 5.75 Å². The molecule has 0 spiro atoms. The van der Waals surface area contributed by atoms with Crippen molar-refractivity contribution in [1.82, 2.24) is 4.90 Å². The Labute approximate surface area is 124 Å². The van der Waals surface area contributed by atoms with Crippen molar-refractivity contribution in [3.63, 3.8) is 0 Å². The van der Waals surface area contributed by atoms with Crippen LogP contribution < -0.4 is 4.74 Å². The predicted molar refractivity (Wildman–Crippen MR) is 78.3 cm³/mol. The largest absolute Gasteiger partial charge is 0.488 e. The summed E-state index contributed by atoms with van der Waals surface area (Å²) in [5.74, 6) is 0.778. The highest BCUT2D eigenvalue weighted by atomic mass is 35.5. The van der Waals surface area contributed by atoms with E-state index in [4.69, 9.17) is 16.3 Å². The third-order valence-electron chi connectivity index (χ3n) is 3.43. The SMILES string of the molecule is COC(=O)CCCN(C)CC1Cc2cc(Cl)ccc2O1. The van der Waals surface area contributed by atoms with E-state index in [0.29, 0.717) is 6.42 Å². The lowest BCUT2D eigenvalue weighted by Crippen LogP contribution is -2.32. The van der Waals surface area contributed by atoms with Gasteiger partial charge in [-0.25, -0.2) is 0 Å². The molecular formula is C15H20ClNO3. The number of methoxy groups -OCH3 is 1. The number of benzene rings is 1. The van der Waals surface area contributed by atoms with Crippen LogP contribution in [-0.4, -0.2) is 44.2 Å². The number of hydrogen-bond donors (Lipinski definition) is 0. The third-order valence-corrected chi connectivity index (χ3v) is 3.66. The van der Waals surface area contributed by atoms with E-state index in [1.54, 1.807) is 0 Å². The van der Waals surface area contributed by atoms with Gasteiger partial charge in [0.05, 0.1) is 7.11 Å². The molecule has 1 aliphatic rings. The van der Waals surface area contributed by atoms with Gasteiger partial charge in [-0.2, -0.15) is 0 Å². The maximum atomic E-state index is 11.0. The minimum atomic E-state index is -0.155. The Balaban J connectivity index is 1.74. The van der Waals surface area contributed by atoms with Crippen LogP contribution in [0.4, 0.5) is 0 Å². The van der Waals surface area contributed by atoms with Gasteiger partial charge in [0.25, 0.3) is 0 Å². The van der Waals surface area contributed by atoms with Gasteiger partial charge in [0.1, 0.15) is 11.9 Å². The number of carbonyl (C=O) groups excluding carboxylic acids is 1. The van der Waals surface area contributed by atoms with Gasteiger partial charge in [0.2, 0.25) is 0 Å². The predicted octanol–water partition coefficient (Wildman–Crippen LogP) is 2.53. The van der Waals surface area contributed by atoms with Crippen LogP contribution in [0.25, 0.3) is 0 Å². The molecule has 1 unspecified atom stereocenters. The molecule has 5 heteroatoms. The van der Waals surface area contributed by atoms with Gasteiger partial charge in [0.15, 0.2) is 0 Å². The summed E-state index contributed by atoms with van der Waals surface area (Å²) < 4.78 is 10.5. The Hall–Kier alpha value is -1.26. The van der Waals surface area contributed by atoms with Crippen molar-refractivity contribution in [2.45, 2.75) is 25.4 Å². The smallest absolute Gasteiger partial charge is 0.305 e. The average molecular weight is 298 g/mol. The highest BCUT2D eigenvalue weighted by Crippen LogP contribution is 2.31. The molecule has 0 amide bonds. The van der Waals surface area contributed by atoms with Crippen molar-refractivity contribution in [2.24, 2.45) is 0 Å². The molecule has 1 heterocycles. The first kappa shape index (κ1) is 15.1. The Morgan fingerprint density at radius 2 is 2.35 bits per heavy atom. The zero-order valence-corrected chi connectivity index (χ0v) is 12.7. The minimum Gasteiger partial charge on any atom is -0.488 e. The van der Waals surface area contributed by atoms with Gasteiger partial charge in [-0.1, -0.05) is 11.6 Å². The summed E-state index contributed by atoms with van der Waals surface area (Å²) >= 11 is 5.98. The number of rotatable bonds is 6. The molecular weight excluding hydrogens is 278 g/mol. The van der Waals surface area contributed by atoms with Crippen LogP contribution in [0.5, 0.6) is 5.75 Å². The molecule has 0 saturated carbocycles. The van der Waals surface area contributed by atoms with Crippen molar-refractivity contribution in [1.29, 1.82) is 0 Å². The molecule has 1 aromatic rings. The zero-order chi connectivity index (χ0) is 14.5. The van der Waals surface area contributed by atoms with Gasteiger partial charge in [-0.05, 0) is 43.8 Å². The lowest BCUT2D eigenvalue weighted by atomic mass is 10.1. The number of halogens is 1. The maximum Gasteiger partial charge on any atom is 0.305 e. The summed E-state index contributed by atoms with van der Waals surface area (Å²) in [5.41, 5.74) is 1.17. The molecule has 0 fully saturated rings. The lowest BCUT2D eigenvalue weighted by Gasteiger charge is -2.20. The van der Waals surface area contributed by atoms with Gasteiger partial charge < -0.3 is 14.4 Å². The molecule has 1 atom stereocenters. The summed E-state index contributed by atoms with van der Waals surface area (Å²) in [5, 5.41) is 0.749. The highest BCUT2D eigenvalue weighted by molar-refractivity contribution is 6.30. The number of ether oxygens (including phenoxy) is 2. The molecule has 4 nitrogen and oxygen atoms in total. The standard InChI is InChI=1S/C15H20ClNO3/c1-17(7-3-4-15(18)19-2)10-13-9-11-8-12(16)5-6-14(11)20-13/h5-6,8,13H,3-4,7,9-10H2,1-2H3. The Kier molecular flexibility index (Phi) is 5.26. The number of carbonyl (C=O) groups is 1.